The fraction of sp³-hybridized carbons (Fsp3) is 0.0952. The van der Waals surface area contributed by atoms with E-state index in [1.165, 1.54) is 10.8 Å². The molecule has 0 aliphatic heterocycles. The van der Waals surface area contributed by atoms with Gasteiger partial charge in [0.25, 0.3) is 0 Å². The summed E-state index contributed by atoms with van der Waals surface area (Å²) in [6, 6.07) is 20.6. The number of H-pyrrole nitrogens is 1. The third kappa shape index (κ3) is 2.62. The molecule has 0 unspecified atom stereocenters. The van der Waals surface area contributed by atoms with Gasteiger partial charge in [-0.15, -0.1) is 0 Å². The molecule has 2 aromatic heterocycles. The normalized spacial score (nSPS) is 11.5. The molecule has 0 fully saturated rings. The summed E-state index contributed by atoms with van der Waals surface area (Å²) >= 11 is 0. The van der Waals surface area contributed by atoms with Crippen LogP contribution in [0, 0.1) is 0 Å². The van der Waals surface area contributed by atoms with Gasteiger partial charge >= 0.3 is 0 Å². The minimum absolute atomic E-state index is 0.817. The maximum absolute atomic E-state index is 4.74. The Kier molecular flexibility index (Phi) is 3.20. The van der Waals surface area contributed by atoms with Crippen LogP contribution in [0.3, 0.4) is 0 Å². The molecule has 0 aliphatic rings. The lowest BCUT2D eigenvalue weighted by atomic mass is 10.1. The van der Waals surface area contributed by atoms with Crippen LogP contribution in [0.25, 0.3) is 32.8 Å². The first-order valence-electron chi connectivity index (χ1n) is 8.43. The molecular formula is C21H16N4. The topological polar surface area (TPSA) is 54.5 Å². The lowest BCUT2D eigenvalue weighted by Gasteiger charge is -2.01. The van der Waals surface area contributed by atoms with Crippen LogP contribution >= 0.6 is 0 Å². The van der Waals surface area contributed by atoms with E-state index in [1.54, 1.807) is 0 Å². The molecule has 0 saturated carbocycles. The van der Waals surface area contributed by atoms with E-state index in [9.17, 15) is 0 Å². The summed E-state index contributed by atoms with van der Waals surface area (Å²) in [5, 5.41) is 2.44. The summed E-state index contributed by atoms with van der Waals surface area (Å²) in [5.41, 5.74) is 4.96. The second kappa shape index (κ2) is 5.67. The Balaban J connectivity index is 1.43. The Morgan fingerprint density at radius 1 is 0.720 bits per heavy atom. The van der Waals surface area contributed by atoms with Gasteiger partial charge in [0.1, 0.15) is 5.82 Å². The Morgan fingerprint density at radius 3 is 2.36 bits per heavy atom. The van der Waals surface area contributed by atoms with E-state index in [0.29, 0.717) is 0 Å². The third-order valence-electron chi connectivity index (χ3n) is 4.51. The van der Waals surface area contributed by atoms with Gasteiger partial charge in [-0.1, -0.05) is 36.4 Å². The smallest absolute Gasteiger partial charge is 0.107 e. The average molecular weight is 324 g/mol. The molecule has 4 heteroatoms. The quantitative estimate of drug-likeness (QED) is 0.533. The number of benzene rings is 3. The molecule has 4 nitrogen and oxygen atoms in total. The third-order valence-corrected chi connectivity index (χ3v) is 4.51. The molecule has 25 heavy (non-hydrogen) atoms. The Labute approximate surface area is 144 Å². The van der Waals surface area contributed by atoms with Crippen molar-refractivity contribution in [2.45, 2.75) is 12.8 Å². The highest BCUT2D eigenvalue weighted by Crippen LogP contribution is 2.21. The van der Waals surface area contributed by atoms with Crippen LogP contribution in [0.4, 0.5) is 0 Å². The number of hydrogen-bond donors (Lipinski definition) is 1. The van der Waals surface area contributed by atoms with Gasteiger partial charge in [0.15, 0.2) is 0 Å². The molecule has 2 heterocycles. The van der Waals surface area contributed by atoms with Crippen LogP contribution in [0.2, 0.25) is 0 Å². The molecule has 0 bridgehead atoms. The summed E-state index contributed by atoms with van der Waals surface area (Å²) < 4.78 is 0. The van der Waals surface area contributed by atoms with E-state index in [0.717, 1.165) is 46.4 Å². The molecular weight excluding hydrogens is 308 g/mol. The number of rotatable bonds is 3. The second-order valence-corrected chi connectivity index (χ2v) is 6.25. The van der Waals surface area contributed by atoms with Gasteiger partial charge in [0.05, 0.1) is 27.8 Å². The zero-order chi connectivity index (χ0) is 16.6. The van der Waals surface area contributed by atoms with E-state index in [-0.39, 0.29) is 0 Å². The summed E-state index contributed by atoms with van der Waals surface area (Å²) in [4.78, 5) is 17.3. The molecule has 120 valence electrons. The number of aromatic nitrogens is 4. The van der Waals surface area contributed by atoms with Gasteiger partial charge in [0, 0.05) is 12.6 Å². The van der Waals surface area contributed by atoms with Gasteiger partial charge in [-0.25, -0.2) is 9.97 Å². The van der Waals surface area contributed by atoms with Crippen molar-refractivity contribution >= 4 is 32.8 Å². The molecule has 0 atom stereocenters. The van der Waals surface area contributed by atoms with Crippen LogP contribution in [-0.4, -0.2) is 19.9 Å². The highest BCUT2D eigenvalue weighted by molar-refractivity contribution is 5.95. The van der Waals surface area contributed by atoms with Gasteiger partial charge in [-0.3, -0.25) is 4.98 Å². The van der Waals surface area contributed by atoms with E-state index >= 15 is 0 Å². The van der Waals surface area contributed by atoms with Crippen molar-refractivity contribution in [1.82, 2.24) is 19.9 Å². The largest absolute Gasteiger partial charge is 0.342 e. The van der Waals surface area contributed by atoms with E-state index in [2.05, 4.69) is 51.4 Å². The molecule has 0 aliphatic carbocycles. The van der Waals surface area contributed by atoms with Crippen molar-refractivity contribution in [2.24, 2.45) is 0 Å². The van der Waals surface area contributed by atoms with Gasteiger partial charge < -0.3 is 4.98 Å². The molecule has 0 amide bonds. The van der Waals surface area contributed by atoms with Crippen molar-refractivity contribution in [1.29, 1.82) is 0 Å². The molecule has 1 N–H and O–H groups in total. The van der Waals surface area contributed by atoms with Crippen LogP contribution < -0.4 is 0 Å². The zero-order valence-electron chi connectivity index (χ0n) is 13.6. The van der Waals surface area contributed by atoms with Crippen molar-refractivity contribution in [3.8, 4) is 0 Å². The van der Waals surface area contributed by atoms with Crippen molar-refractivity contribution in [3.05, 3.63) is 78.4 Å². The minimum atomic E-state index is 0.817. The van der Waals surface area contributed by atoms with Crippen LogP contribution in [-0.2, 0) is 12.8 Å². The highest BCUT2D eigenvalue weighted by atomic mass is 14.9. The van der Waals surface area contributed by atoms with E-state index < -0.39 is 0 Å². The standard InChI is InChI=1S/C21H16N4/c1-2-6-15-12-20-19(11-14(15)5-1)24-21(25-20)10-9-16-13-22-17-7-3-4-8-18(17)23-16/h1-8,11-13H,9-10H2,(H,24,25). The van der Waals surface area contributed by atoms with Crippen LogP contribution in [0.1, 0.15) is 11.5 Å². The first-order valence-corrected chi connectivity index (χ1v) is 8.43. The SMILES string of the molecule is c1ccc2cc3[nH]c(CCc4cnc5ccccc5n4)nc3cc2c1. The number of imidazole rings is 1. The second-order valence-electron chi connectivity index (χ2n) is 6.25. The Hall–Kier alpha value is -3.27. The van der Waals surface area contributed by atoms with Crippen molar-refractivity contribution in [3.63, 3.8) is 0 Å². The summed E-state index contributed by atoms with van der Waals surface area (Å²) in [6.45, 7) is 0. The molecule has 0 saturated heterocycles. The molecule has 3 aromatic carbocycles. The number of aryl methyl sites for hydroxylation is 2. The van der Waals surface area contributed by atoms with Gasteiger partial charge in [-0.2, -0.15) is 0 Å². The summed E-state index contributed by atoms with van der Waals surface area (Å²) in [6.07, 6.45) is 3.49. The Bertz CT molecular complexity index is 1150. The lowest BCUT2D eigenvalue weighted by Crippen LogP contribution is -1.97. The van der Waals surface area contributed by atoms with Crippen molar-refractivity contribution < 1.29 is 0 Å². The van der Waals surface area contributed by atoms with Crippen molar-refractivity contribution in [2.75, 3.05) is 0 Å². The van der Waals surface area contributed by atoms with E-state index in [4.69, 9.17) is 4.98 Å². The monoisotopic (exact) mass is 324 g/mol. The number of nitrogens with one attached hydrogen (secondary N) is 1. The average Bonchev–Trinajstić information content (AvgIpc) is 3.06. The number of para-hydroxylation sites is 2. The van der Waals surface area contributed by atoms with E-state index in [1.807, 2.05) is 30.5 Å². The fourth-order valence-electron chi connectivity index (χ4n) is 3.23. The number of fused-ring (bicyclic) bond motifs is 3. The first kappa shape index (κ1) is 14.1. The minimum Gasteiger partial charge on any atom is -0.342 e. The molecule has 0 radical (unpaired) electrons. The number of hydrogen-bond acceptors (Lipinski definition) is 3. The zero-order valence-corrected chi connectivity index (χ0v) is 13.6. The van der Waals surface area contributed by atoms with Crippen LogP contribution in [0.15, 0.2) is 66.9 Å². The maximum Gasteiger partial charge on any atom is 0.107 e. The predicted molar refractivity (Wildman–Crippen MR) is 101 cm³/mol. The number of aromatic amines is 1. The Morgan fingerprint density at radius 2 is 1.48 bits per heavy atom. The molecule has 5 rings (SSSR count). The maximum atomic E-state index is 4.74. The predicted octanol–water partition coefficient (Wildman–Crippen LogP) is 4.44. The molecule has 0 spiro atoms. The number of nitrogens with zero attached hydrogens (tertiary/aromatic N) is 3. The summed E-state index contributed by atoms with van der Waals surface area (Å²) in [5.74, 6) is 0.986. The summed E-state index contributed by atoms with van der Waals surface area (Å²) in [7, 11) is 0. The van der Waals surface area contributed by atoms with Gasteiger partial charge in [0.2, 0.25) is 0 Å². The lowest BCUT2D eigenvalue weighted by molar-refractivity contribution is 0.860. The highest BCUT2D eigenvalue weighted by Gasteiger charge is 2.06. The molecule has 5 aromatic rings. The van der Waals surface area contributed by atoms with Crippen LogP contribution in [0.5, 0.6) is 0 Å². The van der Waals surface area contributed by atoms with Gasteiger partial charge in [-0.05, 0) is 41.5 Å². The fourth-order valence-corrected chi connectivity index (χ4v) is 3.23. The first-order chi connectivity index (χ1) is 12.3.